The van der Waals surface area contributed by atoms with Crippen molar-refractivity contribution < 1.29 is 4.79 Å². The summed E-state index contributed by atoms with van der Waals surface area (Å²) >= 11 is 1.63. The molecule has 1 aliphatic carbocycles. The molecular formula is C13H19NOS. The molecule has 1 fully saturated rings. The number of nitrogens with two attached hydrogens (primary N) is 1. The first-order valence-electron chi connectivity index (χ1n) is 5.97. The third-order valence-electron chi connectivity index (χ3n) is 3.52. The minimum absolute atomic E-state index is 0.225. The van der Waals surface area contributed by atoms with E-state index < -0.39 is 0 Å². The molecule has 3 heteroatoms. The molecule has 0 atom stereocenters. The van der Waals surface area contributed by atoms with Crippen LogP contribution in [0.3, 0.4) is 0 Å². The predicted molar refractivity (Wildman–Crippen MR) is 68.0 cm³/mol. The molecule has 16 heavy (non-hydrogen) atoms. The molecule has 1 heterocycles. The van der Waals surface area contributed by atoms with Crippen LogP contribution in [0.4, 0.5) is 0 Å². The number of Topliss-reactive ketones (excluding diaryl/α,β-unsaturated/α-hetero) is 1. The van der Waals surface area contributed by atoms with E-state index in [9.17, 15) is 4.79 Å². The lowest BCUT2D eigenvalue weighted by Gasteiger charge is -2.32. The summed E-state index contributed by atoms with van der Waals surface area (Å²) in [6.45, 7) is 2.00. The Bertz CT molecular complexity index is 377. The highest BCUT2D eigenvalue weighted by molar-refractivity contribution is 7.10. The first-order chi connectivity index (χ1) is 7.61. The van der Waals surface area contributed by atoms with Crippen molar-refractivity contribution in [2.75, 3.05) is 0 Å². The summed E-state index contributed by atoms with van der Waals surface area (Å²) < 4.78 is 0. The summed E-state index contributed by atoms with van der Waals surface area (Å²) in [6, 6.07) is 1.93. The Kier molecular flexibility index (Phi) is 3.45. The monoisotopic (exact) mass is 237 g/mol. The largest absolute Gasteiger partial charge is 0.325 e. The second-order valence-electron chi connectivity index (χ2n) is 4.91. The fourth-order valence-electron chi connectivity index (χ4n) is 2.52. The van der Waals surface area contributed by atoms with Gasteiger partial charge in [-0.3, -0.25) is 4.79 Å². The number of aryl methyl sites for hydroxylation is 1. The molecule has 2 rings (SSSR count). The van der Waals surface area contributed by atoms with Crippen molar-refractivity contribution in [1.29, 1.82) is 0 Å². The van der Waals surface area contributed by atoms with Gasteiger partial charge >= 0.3 is 0 Å². The SMILES string of the molecule is Cc1sccc1C(=O)CC1(N)CCCCC1. The van der Waals surface area contributed by atoms with Gasteiger partial charge in [0.2, 0.25) is 0 Å². The van der Waals surface area contributed by atoms with Crippen LogP contribution in [0.25, 0.3) is 0 Å². The minimum atomic E-state index is -0.232. The number of thiophene rings is 1. The van der Waals surface area contributed by atoms with Gasteiger partial charge in [0.05, 0.1) is 0 Å². The van der Waals surface area contributed by atoms with E-state index in [4.69, 9.17) is 5.73 Å². The molecule has 2 N–H and O–H groups in total. The smallest absolute Gasteiger partial charge is 0.165 e. The van der Waals surface area contributed by atoms with Crippen molar-refractivity contribution in [2.24, 2.45) is 5.73 Å². The van der Waals surface area contributed by atoms with Crippen LogP contribution in [0.15, 0.2) is 11.4 Å². The van der Waals surface area contributed by atoms with Gasteiger partial charge in [0, 0.05) is 22.4 Å². The summed E-state index contributed by atoms with van der Waals surface area (Å²) in [5, 5.41) is 1.98. The van der Waals surface area contributed by atoms with Crippen LogP contribution >= 0.6 is 11.3 Å². The van der Waals surface area contributed by atoms with E-state index >= 15 is 0 Å². The fraction of sp³-hybridized carbons (Fsp3) is 0.615. The van der Waals surface area contributed by atoms with Crippen LogP contribution in [0, 0.1) is 6.92 Å². The quantitative estimate of drug-likeness (QED) is 0.820. The average molecular weight is 237 g/mol. The Hall–Kier alpha value is -0.670. The highest BCUT2D eigenvalue weighted by atomic mass is 32.1. The van der Waals surface area contributed by atoms with Gasteiger partial charge in [-0.25, -0.2) is 0 Å². The third-order valence-corrected chi connectivity index (χ3v) is 4.37. The summed E-state index contributed by atoms with van der Waals surface area (Å²) in [5.41, 5.74) is 6.94. The Labute approximate surface area is 101 Å². The second kappa shape index (κ2) is 4.68. The van der Waals surface area contributed by atoms with Crippen LogP contribution in [0.2, 0.25) is 0 Å². The van der Waals surface area contributed by atoms with Gasteiger partial charge in [0.15, 0.2) is 5.78 Å². The van der Waals surface area contributed by atoms with Crippen LogP contribution in [-0.2, 0) is 0 Å². The van der Waals surface area contributed by atoms with E-state index in [1.807, 2.05) is 18.4 Å². The van der Waals surface area contributed by atoms with E-state index in [0.29, 0.717) is 6.42 Å². The number of ketones is 1. The normalized spacial score (nSPS) is 19.6. The highest BCUT2D eigenvalue weighted by Crippen LogP contribution is 2.30. The van der Waals surface area contributed by atoms with Gasteiger partial charge in [-0.1, -0.05) is 19.3 Å². The van der Waals surface area contributed by atoms with Gasteiger partial charge in [0.25, 0.3) is 0 Å². The average Bonchev–Trinajstić information content (AvgIpc) is 2.65. The lowest BCUT2D eigenvalue weighted by Crippen LogP contribution is -2.43. The summed E-state index contributed by atoms with van der Waals surface area (Å²) in [7, 11) is 0. The van der Waals surface area contributed by atoms with Crippen molar-refractivity contribution in [1.82, 2.24) is 0 Å². The summed E-state index contributed by atoms with van der Waals surface area (Å²) in [4.78, 5) is 13.2. The first kappa shape index (κ1) is 11.8. The van der Waals surface area contributed by atoms with Crippen molar-refractivity contribution >= 4 is 17.1 Å². The number of carbonyl (C=O) groups excluding carboxylic acids is 1. The van der Waals surface area contributed by atoms with Crippen molar-refractivity contribution in [2.45, 2.75) is 51.0 Å². The zero-order valence-corrected chi connectivity index (χ0v) is 10.6. The maximum absolute atomic E-state index is 12.1. The minimum Gasteiger partial charge on any atom is -0.325 e. The van der Waals surface area contributed by atoms with Crippen LogP contribution < -0.4 is 5.73 Å². The zero-order chi connectivity index (χ0) is 11.6. The Morgan fingerprint density at radius 2 is 2.12 bits per heavy atom. The van der Waals surface area contributed by atoms with Crippen molar-refractivity contribution in [3.63, 3.8) is 0 Å². The molecule has 0 amide bonds. The fourth-order valence-corrected chi connectivity index (χ4v) is 3.24. The standard InChI is InChI=1S/C13H19NOS/c1-10-11(5-8-16-10)12(15)9-13(14)6-3-2-4-7-13/h5,8H,2-4,6-7,9,14H2,1H3. The molecule has 0 aliphatic heterocycles. The third kappa shape index (κ3) is 2.53. The Morgan fingerprint density at radius 3 is 2.69 bits per heavy atom. The lowest BCUT2D eigenvalue weighted by atomic mass is 9.78. The summed E-state index contributed by atoms with van der Waals surface area (Å²) in [5.74, 6) is 0.225. The van der Waals surface area contributed by atoms with Crippen molar-refractivity contribution in [3.8, 4) is 0 Å². The molecule has 88 valence electrons. The maximum Gasteiger partial charge on any atom is 0.165 e. The lowest BCUT2D eigenvalue weighted by molar-refractivity contribution is 0.0934. The van der Waals surface area contributed by atoms with Gasteiger partial charge in [-0.2, -0.15) is 0 Å². The van der Waals surface area contributed by atoms with E-state index in [1.165, 1.54) is 19.3 Å². The number of hydrogen-bond acceptors (Lipinski definition) is 3. The molecule has 1 aromatic rings. The molecule has 0 spiro atoms. The second-order valence-corrected chi connectivity index (χ2v) is 6.03. The molecule has 1 aromatic heterocycles. The molecule has 0 aromatic carbocycles. The number of hydrogen-bond donors (Lipinski definition) is 1. The molecule has 1 aliphatic rings. The van der Waals surface area contributed by atoms with E-state index in [1.54, 1.807) is 11.3 Å². The van der Waals surface area contributed by atoms with Gasteiger partial charge in [-0.15, -0.1) is 11.3 Å². The number of carbonyl (C=O) groups is 1. The highest BCUT2D eigenvalue weighted by Gasteiger charge is 2.30. The molecule has 2 nitrogen and oxygen atoms in total. The molecule has 0 unspecified atom stereocenters. The van der Waals surface area contributed by atoms with Crippen LogP contribution in [-0.4, -0.2) is 11.3 Å². The molecule has 1 saturated carbocycles. The first-order valence-corrected chi connectivity index (χ1v) is 6.85. The molecule has 0 radical (unpaired) electrons. The Balaban J connectivity index is 2.04. The Morgan fingerprint density at radius 1 is 1.44 bits per heavy atom. The van der Waals surface area contributed by atoms with E-state index in [2.05, 4.69) is 0 Å². The number of rotatable bonds is 3. The molecule has 0 bridgehead atoms. The van der Waals surface area contributed by atoms with E-state index in [-0.39, 0.29) is 11.3 Å². The van der Waals surface area contributed by atoms with E-state index in [0.717, 1.165) is 23.3 Å². The van der Waals surface area contributed by atoms with Gasteiger partial charge in [-0.05, 0) is 31.2 Å². The molecule has 0 saturated heterocycles. The van der Waals surface area contributed by atoms with Crippen LogP contribution in [0.1, 0.15) is 53.8 Å². The van der Waals surface area contributed by atoms with Crippen molar-refractivity contribution in [3.05, 3.63) is 21.9 Å². The maximum atomic E-state index is 12.1. The van der Waals surface area contributed by atoms with Gasteiger partial charge < -0.3 is 5.73 Å². The van der Waals surface area contributed by atoms with Crippen LogP contribution in [0.5, 0.6) is 0 Å². The summed E-state index contributed by atoms with van der Waals surface area (Å²) in [6.07, 6.45) is 6.14. The van der Waals surface area contributed by atoms with Gasteiger partial charge in [0.1, 0.15) is 0 Å². The zero-order valence-electron chi connectivity index (χ0n) is 9.79. The predicted octanol–water partition coefficient (Wildman–Crippen LogP) is 3.29. The topological polar surface area (TPSA) is 43.1 Å². The molecular weight excluding hydrogens is 218 g/mol.